The van der Waals surface area contributed by atoms with E-state index in [9.17, 15) is 20.3 Å². The Morgan fingerprint density at radius 1 is 1.30 bits per heavy atom. The molecule has 110 valence electrons. The van der Waals surface area contributed by atoms with Crippen molar-refractivity contribution >= 4 is 17.6 Å². The van der Waals surface area contributed by atoms with Crippen LogP contribution in [0.25, 0.3) is 0 Å². The highest BCUT2D eigenvalue weighted by Crippen LogP contribution is 2.15. The molecule has 1 aromatic rings. The molecule has 0 bridgehead atoms. The first-order valence-electron chi connectivity index (χ1n) is 5.64. The summed E-state index contributed by atoms with van der Waals surface area (Å²) in [5, 5.41) is 50.5. The third-order valence-corrected chi connectivity index (χ3v) is 2.43. The van der Waals surface area contributed by atoms with Crippen LogP contribution < -0.4 is 5.43 Å². The number of nitro benzene ring substituents is 1. The minimum atomic E-state index is -1.57. The molecule has 0 aromatic heterocycles. The zero-order valence-corrected chi connectivity index (χ0v) is 10.3. The number of hydrogen-bond donors (Lipinski definition) is 5. The van der Waals surface area contributed by atoms with Crippen molar-refractivity contribution in [2.24, 2.45) is 5.10 Å². The summed E-state index contributed by atoms with van der Waals surface area (Å²) in [6.45, 7) is -0.693. The van der Waals surface area contributed by atoms with Crippen LogP contribution in [0.2, 0.25) is 0 Å². The zero-order chi connectivity index (χ0) is 15.1. The van der Waals surface area contributed by atoms with Crippen LogP contribution in [0, 0.1) is 10.1 Å². The molecule has 0 radical (unpaired) electrons. The van der Waals surface area contributed by atoms with Gasteiger partial charge >= 0.3 is 0 Å². The highest BCUT2D eigenvalue weighted by molar-refractivity contribution is 5.65. The number of anilines is 1. The SMILES string of the molecule is O=[N+]([O-])c1ccc(N/N=C\[C@@H](O)[C@H](O)[C@H](O)CO)cc1. The standard InChI is InChI=1S/C11H15N3O6/c15-6-10(17)11(18)9(16)5-12-13-7-1-3-8(4-2-7)14(19)20/h1-5,9-11,13,15-18H,6H2/b12-5-/t9-,10-,11+/m1/s1. The topological polar surface area (TPSA) is 148 Å². The quantitative estimate of drug-likeness (QED) is 0.247. The van der Waals surface area contributed by atoms with Gasteiger partial charge in [-0.2, -0.15) is 5.10 Å². The molecule has 20 heavy (non-hydrogen) atoms. The van der Waals surface area contributed by atoms with E-state index in [2.05, 4.69) is 10.5 Å². The first-order chi connectivity index (χ1) is 9.45. The molecule has 0 saturated carbocycles. The molecule has 9 heteroatoms. The lowest BCUT2D eigenvalue weighted by molar-refractivity contribution is -0.384. The second-order valence-corrected chi connectivity index (χ2v) is 3.93. The number of non-ortho nitro benzene ring substituents is 1. The number of nitro groups is 1. The van der Waals surface area contributed by atoms with Crippen molar-refractivity contribution in [1.82, 2.24) is 0 Å². The van der Waals surface area contributed by atoms with Crippen LogP contribution in [-0.4, -0.2) is 56.5 Å². The highest BCUT2D eigenvalue weighted by atomic mass is 16.6. The number of benzene rings is 1. The van der Waals surface area contributed by atoms with E-state index in [1.165, 1.54) is 24.3 Å². The second kappa shape index (κ2) is 7.50. The van der Waals surface area contributed by atoms with E-state index in [-0.39, 0.29) is 5.69 Å². The maximum Gasteiger partial charge on any atom is 0.269 e. The number of hydrazone groups is 1. The van der Waals surface area contributed by atoms with Crippen molar-refractivity contribution in [1.29, 1.82) is 0 Å². The van der Waals surface area contributed by atoms with Gasteiger partial charge in [-0.3, -0.25) is 15.5 Å². The molecule has 0 spiro atoms. The number of aliphatic hydroxyl groups excluding tert-OH is 4. The summed E-state index contributed by atoms with van der Waals surface area (Å²) in [6.07, 6.45) is -3.58. The smallest absolute Gasteiger partial charge is 0.269 e. The molecule has 9 nitrogen and oxygen atoms in total. The number of aliphatic hydroxyl groups is 4. The summed E-state index contributed by atoms with van der Waals surface area (Å²) >= 11 is 0. The van der Waals surface area contributed by atoms with Crippen LogP contribution >= 0.6 is 0 Å². The predicted octanol–water partition coefficient (Wildman–Crippen LogP) is -0.933. The van der Waals surface area contributed by atoms with E-state index >= 15 is 0 Å². The molecule has 0 fully saturated rings. The van der Waals surface area contributed by atoms with Crippen LogP contribution in [0.4, 0.5) is 11.4 Å². The molecule has 0 saturated heterocycles. The second-order valence-electron chi connectivity index (χ2n) is 3.93. The Labute approximate surface area is 114 Å². The lowest BCUT2D eigenvalue weighted by atomic mass is 10.1. The monoisotopic (exact) mass is 285 g/mol. The zero-order valence-electron chi connectivity index (χ0n) is 10.3. The van der Waals surface area contributed by atoms with Crippen LogP contribution in [0.5, 0.6) is 0 Å². The van der Waals surface area contributed by atoms with E-state index < -0.39 is 29.8 Å². The fourth-order valence-electron chi connectivity index (χ4n) is 1.27. The Hall–Kier alpha value is -2.07. The summed E-state index contributed by atoms with van der Waals surface area (Å²) < 4.78 is 0. The van der Waals surface area contributed by atoms with E-state index in [4.69, 9.17) is 10.2 Å². The summed E-state index contributed by atoms with van der Waals surface area (Å²) in [6, 6.07) is 5.39. The predicted molar refractivity (Wildman–Crippen MR) is 70.3 cm³/mol. The Morgan fingerprint density at radius 3 is 2.40 bits per heavy atom. The van der Waals surface area contributed by atoms with Gasteiger partial charge in [0.05, 0.1) is 23.4 Å². The molecule has 0 heterocycles. The highest BCUT2D eigenvalue weighted by Gasteiger charge is 2.22. The van der Waals surface area contributed by atoms with Crippen molar-refractivity contribution in [2.75, 3.05) is 12.0 Å². The average molecular weight is 285 g/mol. The molecule has 1 aromatic carbocycles. The molecule has 0 aliphatic carbocycles. The van der Waals surface area contributed by atoms with Gasteiger partial charge in [0.15, 0.2) is 0 Å². The minimum Gasteiger partial charge on any atom is -0.394 e. The Bertz CT molecular complexity index is 464. The third kappa shape index (κ3) is 4.55. The van der Waals surface area contributed by atoms with Gasteiger partial charge in [0, 0.05) is 12.1 Å². The number of nitrogens with one attached hydrogen (secondary N) is 1. The van der Waals surface area contributed by atoms with Gasteiger partial charge in [0.2, 0.25) is 0 Å². The summed E-state index contributed by atoms with van der Waals surface area (Å²) in [4.78, 5) is 9.90. The van der Waals surface area contributed by atoms with Gasteiger partial charge < -0.3 is 20.4 Å². The Morgan fingerprint density at radius 2 is 1.90 bits per heavy atom. The number of hydrogen-bond acceptors (Lipinski definition) is 8. The van der Waals surface area contributed by atoms with E-state index in [0.717, 1.165) is 6.21 Å². The normalized spacial score (nSPS) is 15.8. The fraction of sp³-hybridized carbons (Fsp3) is 0.364. The molecular formula is C11H15N3O6. The molecule has 0 aliphatic heterocycles. The Kier molecular flexibility index (Phi) is 6.00. The van der Waals surface area contributed by atoms with Crippen LogP contribution in [0.15, 0.2) is 29.4 Å². The first-order valence-corrected chi connectivity index (χ1v) is 5.64. The van der Waals surface area contributed by atoms with E-state index in [0.29, 0.717) is 5.69 Å². The van der Waals surface area contributed by atoms with Crippen molar-refractivity contribution < 1.29 is 25.3 Å². The summed E-state index contributed by atoms with van der Waals surface area (Å²) in [5.74, 6) is 0. The molecule has 0 aliphatic rings. The maximum absolute atomic E-state index is 10.4. The Balaban J connectivity index is 2.53. The van der Waals surface area contributed by atoms with Crippen molar-refractivity contribution in [3.8, 4) is 0 Å². The molecule has 5 N–H and O–H groups in total. The third-order valence-electron chi connectivity index (χ3n) is 2.43. The first kappa shape index (κ1) is 16.0. The number of rotatable bonds is 7. The van der Waals surface area contributed by atoms with Crippen LogP contribution in [0.1, 0.15) is 0 Å². The van der Waals surface area contributed by atoms with Crippen molar-refractivity contribution in [3.05, 3.63) is 34.4 Å². The van der Waals surface area contributed by atoms with Gasteiger partial charge in [-0.05, 0) is 12.1 Å². The largest absolute Gasteiger partial charge is 0.394 e. The van der Waals surface area contributed by atoms with Gasteiger partial charge in [0.25, 0.3) is 5.69 Å². The molecular weight excluding hydrogens is 270 g/mol. The van der Waals surface area contributed by atoms with E-state index in [1.807, 2.05) is 0 Å². The van der Waals surface area contributed by atoms with Gasteiger partial charge in [-0.1, -0.05) is 0 Å². The lowest BCUT2D eigenvalue weighted by Gasteiger charge is -2.18. The minimum absolute atomic E-state index is 0.0685. The maximum atomic E-state index is 10.4. The van der Waals surface area contributed by atoms with Gasteiger partial charge in [-0.15, -0.1) is 0 Å². The van der Waals surface area contributed by atoms with Crippen molar-refractivity contribution in [2.45, 2.75) is 18.3 Å². The van der Waals surface area contributed by atoms with E-state index in [1.54, 1.807) is 0 Å². The summed E-state index contributed by atoms with van der Waals surface area (Å²) in [7, 11) is 0. The average Bonchev–Trinajstić information content (AvgIpc) is 2.45. The van der Waals surface area contributed by atoms with Gasteiger partial charge in [-0.25, -0.2) is 0 Å². The molecule has 1 rings (SSSR count). The summed E-state index contributed by atoms with van der Waals surface area (Å²) in [5.41, 5.74) is 2.86. The fourth-order valence-corrected chi connectivity index (χ4v) is 1.27. The van der Waals surface area contributed by atoms with Crippen LogP contribution in [0.3, 0.4) is 0 Å². The van der Waals surface area contributed by atoms with Crippen molar-refractivity contribution in [3.63, 3.8) is 0 Å². The van der Waals surface area contributed by atoms with Gasteiger partial charge in [0.1, 0.15) is 18.3 Å². The van der Waals surface area contributed by atoms with Crippen LogP contribution in [-0.2, 0) is 0 Å². The molecule has 0 amide bonds. The molecule has 3 atom stereocenters. The molecule has 0 unspecified atom stereocenters. The number of nitrogens with zero attached hydrogens (tertiary/aromatic N) is 2. The lowest BCUT2D eigenvalue weighted by Crippen LogP contribution is -2.40.